The summed E-state index contributed by atoms with van der Waals surface area (Å²) < 4.78 is 5.82. The first-order chi connectivity index (χ1) is 7.03. The van der Waals surface area contributed by atoms with E-state index >= 15 is 0 Å². The Labute approximate surface area is 93.0 Å². The maximum absolute atomic E-state index is 9.57. The Morgan fingerprint density at radius 3 is 2.60 bits per heavy atom. The fraction of sp³-hybridized carbons (Fsp3) is 1.00. The van der Waals surface area contributed by atoms with Crippen LogP contribution in [0.25, 0.3) is 0 Å². The van der Waals surface area contributed by atoms with Crippen molar-refractivity contribution < 1.29 is 9.84 Å². The third-order valence-electron chi connectivity index (χ3n) is 3.19. The van der Waals surface area contributed by atoms with Crippen LogP contribution in [-0.4, -0.2) is 30.0 Å². The Morgan fingerprint density at radius 2 is 2.00 bits per heavy atom. The Hall–Kier alpha value is -0.120. The molecule has 0 aliphatic heterocycles. The molecule has 1 saturated carbocycles. The molecule has 0 aromatic carbocycles. The van der Waals surface area contributed by atoms with Gasteiger partial charge < -0.3 is 15.6 Å². The largest absolute Gasteiger partial charge is 0.390 e. The van der Waals surface area contributed by atoms with Crippen molar-refractivity contribution in [2.24, 2.45) is 11.7 Å². The van der Waals surface area contributed by atoms with E-state index in [9.17, 15) is 5.11 Å². The molecule has 0 aromatic rings. The van der Waals surface area contributed by atoms with Crippen LogP contribution >= 0.6 is 0 Å². The van der Waals surface area contributed by atoms with Crippen LogP contribution in [0.4, 0.5) is 0 Å². The van der Waals surface area contributed by atoms with Crippen LogP contribution in [0.3, 0.4) is 0 Å². The van der Waals surface area contributed by atoms with E-state index in [2.05, 4.69) is 0 Å². The number of aliphatic hydroxyl groups is 1. The zero-order valence-electron chi connectivity index (χ0n) is 10.0. The number of rotatable bonds is 5. The summed E-state index contributed by atoms with van der Waals surface area (Å²) in [6.45, 7) is 5.01. The predicted molar refractivity (Wildman–Crippen MR) is 61.7 cm³/mol. The summed E-state index contributed by atoms with van der Waals surface area (Å²) >= 11 is 0. The van der Waals surface area contributed by atoms with Crippen molar-refractivity contribution in [2.75, 3.05) is 13.2 Å². The van der Waals surface area contributed by atoms with Gasteiger partial charge in [0.2, 0.25) is 0 Å². The van der Waals surface area contributed by atoms with Crippen LogP contribution in [-0.2, 0) is 4.74 Å². The first kappa shape index (κ1) is 12.9. The molecule has 1 rings (SSSR count). The van der Waals surface area contributed by atoms with Gasteiger partial charge in [-0.1, -0.05) is 12.8 Å². The van der Waals surface area contributed by atoms with Crippen molar-refractivity contribution in [3.8, 4) is 0 Å². The molecule has 0 bridgehead atoms. The van der Waals surface area contributed by atoms with Gasteiger partial charge in [-0.25, -0.2) is 0 Å². The molecule has 3 nitrogen and oxygen atoms in total. The lowest BCUT2D eigenvalue weighted by Gasteiger charge is -2.31. The van der Waals surface area contributed by atoms with Gasteiger partial charge >= 0.3 is 0 Å². The summed E-state index contributed by atoms with van der Waals surface area (Å²) in [5.74, 6) is 0.528. The summed E-state index contributed by atoms with van der Waals surface area (Å²) in [6.07, 6.45) is 5.89. The second-order valence-electron chi connectivity index (χ2n) is 5.25. The van der Waals surface area contributed by atoms with E-state index in [1.807, 2.05) is 13.8 Å². The third-order valence-corrected chi connectivity index (χ3v) is 3.19. The molecule has 3 N–H and O–H groups in total. The standard InChI is InChI=1S/C12H25NO2/c1-12(2,14)7-8-15-11-6-4-3-5-10(11)9-13/h10-11,14H,3-9,13H2,1-2H3. The minimum absolute atomic E-state index is 0.325. The van der Waals surface area contributed by atoms with E-state index in [-0.39, 0.29) is 0 Å². The maximum atomic E-state index is 9.57. The molecule has 90 valence electrons. The summed E-state index contributed by atoms with van der Waals surface area (Å²) in [5, 5.41) is 9.57. The molecule has 15 heavy (non-hydrogen) atoms. The fourth-order valence-electron chi connectivity index (χ4n) is 2.12. The van der Waals surface area contributed by atoms with Gasteiger partial charge in [-0.05, 0) is 45.6 Å². The highest BCUT2D eigenvalue weighted by atomic mass is 16.5. The number of hydrogen-bond donors (Lipinski definition) is 2. The van der Waals surface area contributed by atoms with Crippen molar-refractivity contribution in [3.05, 3.63) is 0 Å². The van der Waals surface area contributed by atoms with E-state index in [0.29, 0.717) is 25.0 Å². The molecule has 3 heteroatoms. The Balaban J connectivity index is 2.23. The van der Waals surface area contributed by atoms with Gasteiger partial charge in [0.15, 0.2) is 0 Å². The lowest BCUT2D eigenvalue weighted by Crippen LogP contribution is -2.34. The highest BCUT2D eigenvalue weighted by molar-refractivity contribution is 4.77. The lowest BCUT2D eigenvalue weighted by atomic mass is 9.86. The monoisotopic (exact) mass is 215 g/mol. The predicted octanol–water partition coefficient (Wildman–Crippen LogP) is 1.68. The van der Waals surface area contributed by atoms with Crippen molar-refractivity contribution in [1.82, 2.24) is 0 Å². The zero-order valence-corrected chi connectivity index (χ0v) is 10.0. The van der Waals surface area contributed by atoms with E-state index in [0.717, 1.165) is 13.0 Å². The van der Waals surface area contributed by atoms with E-state index in [1.54, 1.807) is 0 Å². The average Bonchev–Trinajstić information content (AvgIpc) is 2.16. The van der Waals surface area contributed by atoms with Gasteiger partial charge in [0.25, 0.3) is 0 Å². The summed E-state index contributed by atoms with van der Waals surface area (Å²) in [7, 11) is 0. The zero-order chi connectivity index (χ0) is 11.3. The Morgan fingerprint density at radius 1 is 1.33 bits per heavy atom. The van der Waals surface area contributed by atoms with Gasteiger partial charge in [0.1, 0.15) is 0 Å². The normalized spacial score (nSPS) is 28.0. The van der Waals surface area contributed by atoms with Gasteiger partial charge in [-0.3, -0.25) is 0 Å². The second-order valence-corrected chi connectivity index (χ2v) is 5.25. The third kappa shape index (κ3) is 4.96. The van der Waals surface area contributed by atoms with Crippen molar-refractivity contribution in [1.29, 1.82) is 0 Å². The molecule has 2 unspecified atom stereocenters. The highest BCUT2D eigenvalue weighted by Gasteiger charge is 2.25. The van der Waals surface area contributed by atoms with Gasteiger partial charge in [-0.2, -0.15) is 0 Å². The molecule has 0 amide bonds. The number of nitrogens with two attached hydrogens (primary N) is 1. The molecule has 1 aliphatic carbocycles. The van der Waals surface area contributed by atoms with E-state index < -0.39 is 5.60 Å². The number of ether oxygens (including phenoxy) is 1. The molecule has 0 aromatic heterocycles. The molecular weight excluding hydrogens is 190 g/mol. The highest BCUT2D eigenvalue weighted by Crippen LogP contribution is 2.26. The molecule has 1 fully saturated rings. The first-order valence-corrected chi connectivity index (χ1v) is 6.07. The quantitative estimate of drug-likeness (QED) is 0.733. The van der Waals surface area contributed by atoms with E-state index in [4.69, 9.17) is 10.5 Å². The summed E-state index contributed by atoms with van der Waals surface area (Å²) in [4.78, 5) is 0. The van der Waals surface area contributed by atoms with Crippen LogP contribution in [0.5, 0.6) is 0 Å². The topological polar surface area (TPSA) is 55.5 Å². The smallest absolute Gasteiger partial charge is 0.0615 e. The number of hydrogen-bond acceptors (Lipinski definition) is 3. The SMILES string of the molecule is CC(C)(O)CCOC1CCCCC1CN. The lowest BCUT2D eigenvalue weighted by molar-refractivity contribution is -0.0361. The van der Waals surface area contributed by atoms with Gasteiger partial charge in [0, 0.05) is 6.61 Å². The van der Waals surface area contributed by atoms with Crippen LogP contribution in [0.2, 0.25) is 0 Å². The summed E-state index contributed by atoms with van der Waals surface area (Å²) in [5.41, 5.74) is 5.10. The van der Waals surface area contributed by atoms with Crippen molar-refractivity contribution in [3.63, 3.8) is 0 Å². The van der Waals surface area contributed by atoms with Crippen LogP contribution < -0.4 is 5.73 Å². The van der Waals surface area contributed by atoms with E-state index in [1.165, 1.54) is 19.3 Å². The van der Waals surface area contributed by atoms with Gasteiger partial charge in [0.05, 0.1) is 11.7 Å². The van der Waals surface area contributed by atoms with Crippen LogP contribution in [0, 0.1) is 5.92 Å². The molecular formula is C12H25NO2. The average molecular weight is 215 g/mol. The molecule has 1 aliphatic rings. The summed E-state index contributed by atoms with van der Waals surface area (Å²) in [6, 6.07) is 0. The maximum Gasteiger partial charge on any atom is 0.0615 e. The first-order valence-electron chi connectivity index (χ1n) is 6.07. The second kappa shape index (κ2) is 5.83. The Kier molecular flexibility index (Phi) is 5.03. The fourth-order valence-corrected chi connectivity index (χ4v) is 2.12. The minimum Gasteiger partial charge on any atom is -0.390 e. The molecule has 0 saturated heterocycles. The van der Waals surface area contributed by atoms with Crippen molar-refractivity contribution >= 4 is 0 Å². The van der Waals surface area contributed by atoms with Crippen molar-refractivity contribution in [2.45, 2.75) is 57.7 Å². The Bertz CT molecular complexity index is 177. The van der Waals surface area contributed by atoms with Crippen LogP contribution in [0.15, 0.2) is 0 Å². The molecule has 0 heterocycles. The van der Waals surface area contributed by atoms with Crippen LogP contribution in [0.1, 0.15) is 46.0 Å². The molecule has 0 radical (unpaired) electrons. The molecule has 2 atom stereocenters. The molecule has 0 spiro atoms. The minimum atomic E-state index is -0.618. The van der Waals surface area contributed by atoms with Gasteiger partial charge in [-0.15, -0.1) is 0 Å².